The van der Waals surface area contributed by atoms with Crippen LogP contribution in [0.4, 0.5) is 0 Å². The molecule has 0 spiro atoms. The molecule has 0 saturated carbocycles. The van der Waals surface area contributed by atoms with Crippen molar-refractivity contribution in [2.75, 3.05) is 27.4 Å². The maximum absolute atomic E-state index is 12.5. The molecule has 5 nitrogen and oxygen atoms in total. The highest BCUT2D eigenvalue weighted by Crippen LogP contribution is 2.27. The number of hydrogen-bond donors (Lipinski definition) is 0. The van der Waals surface area contributed by atoms with Gasteiger partial charge in [0.15, 0.2) is 6.10 Å². The molecule has 1 fully saturated rings. The summed E-state index contributed by atoms with van der Waals surface area (Å²) in [5, 5.41) is 0. The Morgan fingerprint density at radius 1 is 1.28 bits per heavy atom. The standard InChI is InChI=1S/C13H21NO4/c1-16-8-10-5-6-11(9-17-2)14(10)13(15)12-4-3-7-18-12/h3,7,10-12H,4-6,8-9H2,1-2H3/t10-,11-,12?/m0/s1. The smallest absolute Gasteiger partial charge is 0.264 e. The first-order valence-corrected chi connectivity index (χ1v) is 6.38. The summed E-state index contributed by atoms with van der Waals surface area (Å²) in [5.41, 5.74) is 0. The monoisotopic (exact) mass is 255 g/mol. The van der Waals surface area contributed by atoms with Gasteiger partial charge in [-0.25, -0.2) is 0 Å². The van der Waals surface area contributed by atoms with Crippen molar-refractivity contribution in [1.29, 1.82) is 0 Å². The Labute approximate surface area is 108 Å². The van der Waals surface area contributed by atoms with E-state index < -0.39 is 0 Å². The summed E-state index contributed by atoms with van der Waals surface area (Å²) in [6.45, 7) is 1.15. The van der Waals surface area contributed by atoms with E-state index in [0.717, 1.165) is 12.8 Å². The molecule has 1 saturated heterocycles. The SMILES string of the molecule is COC[C@@H]1CC[C@@H](COC)N1C(=O)C1CC=CO1. The molecule has 18 heavy (non-hydrogen) atoms. The van der Waals surface area contributed by atoms with Crippen LogP contribution in [0.25, 0.3) is 0 Å². The molecule has 0 aliphatic carbocycles. The zero-order chi connectivity index (χ0) is 13.0. The molecule has 2 heterocycles. The van der Waals surface area contributed by atoms with Crippen LogP contribution in [0.15, 0.2) is 12.3 Å². The number of methoxy groups -OCH3 is 2. The molecule has 0 radical (unpaired) electrons. The first kappa shape index (κ1) is 13.4. The van der Waals surface area contributed by atoms with Crippen LogP contribution in [0.1, 0.15) is 19.3 Å². The van der Waals surface area contributed by atoms with Crippen molar-refractivity contribution >= 4 is 5.91 Å². The molecule has 0 bridgehead atoms. The first-order chi connectivity index (χ1) is 8.77. The fraction of sp³-hybridized carbons (Fsp3) is 0.769. The average molecular weight is 255 g/mol. The van der Waals surface area contributed by atoms with Gasteiger partial charge in [-0.15, -0.1) is 0 Å². The number of amides is 1. The molecular weight excluding hydrogens is 234 g/mol. The zero-order valence-corrected chi connectivity index (χ0v) is 11.0. The molecule has 1 amide bonds. The topological polar surface area (TPSA) is 48.0 Å². The Kier molecular flexibility index (Phi) is 4.60. The average Bonchev–Trinajstić information content (AvgIpc) is 2.99. The van der Waals surface area contributed by atoms with Gasteiger partial charge in [0.05, 0.1) is 31.6 Å². The summed E-state index contributed by atoms with van der Waals surface area (Å²) in [4.78, 5) is 14.4. The highest BCUT2D eigenvalue weighted by Gasteiger charge is 2.40. The van der Waals surface area contributed by atoms with Crippen LogP contribution in [0, 0.1) is 0 Å². The van der Waals surface area contributed by atoms with Crippen LogP contribution in [-0.2, 0) is 19.0 Å². The lowest BCUT2D eigenvalue weighted by molar-refractivity contribution is -0.144. The fourth-order valence-electron chi connectivity index (χ4n) is 2.74. The van der Waals surface area contributed by atoms with Gasteiger partial charge in [0.1, 0.15) is 0 Å². The lowest BCUT2D eigenvalue weighted by atomic mass is 10.2. The number of carbonyl (C=O) groups is 1. The van der Waals surface area contributed by atoms with E-state index in [4.69, 9.17) is 14.2 Å². The fourth-order valence-corrected chi connectivity index (χ4v) is 2.74. The second-order valence-electron chi connectivity index (χ2n) is 4.77. The van der Waals surface area contributed by atoms with Crippen molar-refractivity contribution in [2.45, 2.75) is 37.5 Å². The molecule has 2 aliphatic rings. The summed E-state index contributed by atoms with van der Waals surface area (Å²) in [6.07, 6.45) is 5.72. The van der Waals surface area contributed by atoms with Gasteiger partial charge in [0.2, 0.25) is 0 Å². The minimum Gasteiger partial charge on any atom is -0.488 e. The maximum atomic E-state index is 12.5. The minimum absolute atomic E-state index is 0.0570. The third kappa shape index (κ3) is 2.67. The molecule has 0 aromatic carbocycles. The number of likely N-dealkylation sites (tertiary alicyclic amines) is 1. The summed E-state index contributed by atoms with van der Waals surface area (Å²) in [5.74, 6) is 0.0570. The van der Waals surface area contributed by atoms with E-state index in [1.165, 1.54) is 0 Å². The van der Waals surface area contributed by atoms with E-state index in [1.54, 1.807) is 20.5 Å². The zero-order valence-electron chi connectivity index (χ0n) is 11.0. The Bertz CT molecular complexity index is 296. The summed E-state index contributed by atoms with van der Waals surface area (Å²) < 4.78 is 15.7. The lowest BCUT2D eigenvalue weighted by Gasteiger charge is -2.31. The van der Waals surface area contributed by atoms with Crippen LogP contribution in [-0.4, -0.2) is 56.4 Å². The van der Waals surface area contributed by atoms with Crippen LogP contribution in [0.2, 0.25) is 0 Å². The Morgan fingerprint density at radius 3 is 2.33 bits per heavy atom. The molecule has 0 aromatic heterocycles. The van der Waals surface area contributed by atoms with Gasteiger partial charge in [-0.2, -0.15) is 0 Å². The second-order valence-corrected chi connectivity index (χ2v) is 4.77. The maximum Gasteiger partial charge on any atom is 0.264 e. The third-order valence-corrected chi connectivity index (χ3v) is 3.56. The molecule has 0 aromatic rings. The molecule has 2 rings (SSSR count). The molecule has 2 aliphatic heterocycles. The summed E-state index contributed by atoms with van der Waals surface area (Å²) in [6, 6.07) is 0.290. The lowest BCUT2D eigenvalue weighted by Crippen LogP contribution is -2.49. The predicted molar refractivity (Wildman–Crippen MR) is 66.0 cm³/mol. The second kappa shape index (κ2) is 6.20. The number of hydrogen-bond acceptors (Lipinski definition) is 4. The van der Waals surface area contributed by atoms with Crippen molar-refractivity contribution in [3.8, 4) is 0 Å². The van der Waals surface area contributed by atoms with Gasteiger partial charge in [-0.1, -0.05) is 0 Å². The highest BCUT2D eigenvalue weighted by molar-refractivity contribution is 5.82. The van der Waals surface area contributed by atoms with E-state index in [1.807, 2.05) is 11.0 Å². The van der Waals surface area contributed by atoms with Crippen molar-refractivity contribution in [3.05, 3.63) is 12.3 Å². The normalized spacial score (nSPS) is 30.8. The highest BCUT2D eigenvalue weighted by atomic mass is 16.5. The van der Waals surface area contributed by atoms with Crippen LogP contribution >= 0.6 is 0 Å². The summed E-state index contributed by atoms with van der Waals surface area (Å²) in [7, 11) is 3.33. The van der Waals surface area contributed by atoms with Gasteiger partial charge in [-0.05, 0) is 18.9 Å². The Hall–Kier alpha value is -1.07. The molecular formula is C13H21NO4. The number of nitrogens with zero attached hydrogens (tertiary/aromatic N) is 1. The first-order valence-electron chi connectivity index (χ1n) is 6.38. The van der Waals surface area contributed by atoms with Gasteiger partial charge in [0.25, 0.3) is 5.91 Å². The summed E-state index contributed by atoms with van der Waals surface area (Å²) >= 11 is 0. The third-order valence-electron chi connectivity index (χ3n) is 3.56. The molecule has 0 N–H and O–H groups in total. The quantitative estimate of drug-likeness (QED) is 0.733. The van der Waals surface area contributed by atoms with Gasteiger partial charge in [-0.3, -0.25) is 4.79 Å². The van der Waals surface area contributed by atoms with E-state index in [9.17, 15) is 4.79 Å². The minimum atomic E-state index is -0.359. The van der Waals surface area contributed by atoms with E-state index in [2.05, 4.69) is 0 Å². The number of rotatable bonds is 5. The predicted octanol–water partition coefficient (Wildman–Crippen LogP) is 0.941. The van der Waals surface area contributed by atoms with E-state index in [-0.39, 0.29) is 24.1 Å². The number of ether oxygens (including phenoxy) is 3. The van der Waals surface area contributed by atoms with Crippen molar-refractivity contribution in [2.24, 2.45) is 0 Å². The molecule has 5 heteroatoms. The van der Waals surface area contributed by atoms with Crippen LogP contribution in [0.3, 0.4) is 0 Å². The molecule has 1 unspecified atom stereocenters. The van der Waals surface area contributed by atoms with Crippen molar-refractivity contribution < 1.29 is 19.0 Å². The van der Waals surface area contributed by atoms with Crippen LogP contribution < -0.4 is 0 Å². The Morgan fingerprint density at radius 2 is 1.89 bits per heavy atom. The van der Waals surface area contributed by atoms with Gasteiger partial charge in [0, 0.05) is 20.6 Å². The van der Waals surface area contributed by atoms with Crippen LogP contribution in [0.5, 0.6) is 0 Å². The van der Waals surface area contributed by atoms with Crippen molar-refractivity contribution in [1.82, 2.24) is 4.90 Å². The largest absolute Gasteiger partial charge is 0.488 e. The van der Waals surface area contributed by atoms with E-state index >= 15 is 0 Å². The number of carbonyl (C=O) groups excluding carboxylic acids is 1. The Balaban J connectivity index is 2.04. The van der Waals surface area contributed by atoms with E-state index in [0.29, 0.717) is 19.6 Å². The van der Waals surface area contributed by atoms with Gasteiger partial charge < -0.3 is 19.1 Å². The molecule has 102 valence electrons. The molecule has 3 atom stereocenters. The van der Waals surface area contributed by atoms with Gasteiger partial charge >= 0.3 is 0 Å². The van der Waals surface area contributed by atoms with Crippen molar-refractivity contribution in [3.63, 3.8) is 0 Å².